The summed E-state index contributed by atoms with van der Waals surface area (Å²) in [4.78, 5) is 0. The first-order chi connectivity index (χ1) is 12.1. The quantitative estimate of drug-likeness (QED) is 0.761. The average Bonchev–Trinajstić information content (AvgIpc) is 2.47. The first-order valence-corrected chi connectivity index (χ1v) is 7.46. The van der Waals surface area contributed by atoms with Crippen LogP contribution in [0.15, 0.2) is 35.9 Å². The molecule has 0 saturated carbocycles. The van der Waals surface area contributed by atoms with Crippen LogP contribution >= 0.6 is 0 Å². The fourth-order valence-electron chi connectivity index (χ4n) is 3.13. The summed E-state index contributed by atoms with van der Waals surface area (Å²) >= 11 is 0. The maximum atomic E-state index is 10.5. The van der Waals surface area contributed by atoms with Gasteiger partial charge in [-0.25, -0.2) is 0 Å². The Balaban J connectivity index is 2.60. The molecule has 2 rings (SSSR count). The van der Waals surface area contributed by atoms with Crippen LogP contribution in [-0.2, 0) is 6.42 Å². The predicted octanol–water partition coefficient (Wildman–Crippen LogP) is 5.07. The van der Waals surface area contributed by atoms with Crippen LogP contribution in [0.5, 0.6) is 11.5 Å². The molecule has 1 aliphatic carbocycles. The molecule has 0 aliphatic heterocycles. The van der Waals surface area contributed by atoms with Crippen molar-refractivity contribution in [3.05, 3.63) is 47.0 Å². The zero-order valence-corrected chi connectivity index (χ0v) is 12.6. The van der Waals surface area contributed by atoms with Gasteiger partial charge in [0.2, 0.25) is 0 Å². The molecule has 1 aromatic carbocycles. The molecule has 0 saturated heterocycles. The van der Waals surface area contributed by atoms with Crippen molar-refractivity contribution < 1.29 is 17.1 Å². The van der Waals surface area contributed by atoms with Gasteiger partial charge in [-0.3, -0.25) is 0 Å². The molecular formula is C19H26O2. The van der Waals surface area contributed by atoms with E-state index < -0.39 is 25.2 Å². The standard InChI is InChI=1S/C19H26O2/c1-5-6-14-10-17(20)19(18(21)11-14)16-9-13(4)7-8-15(16)12(2)3/h9-11,15-16,20-21H,2,5-8H2,1,3-4H3/i2D2,3D3. The third kappa shape index (κ3) is 3.31. The highest BCUT2D eigenvalue weighted by Crippen LogP contribution is 2.46. The molecule has 114 valence electrons. The van der Waals surface area contributed by atoms with Gasteiger partial charge in [0.05, 0.1) is 2.74 Å². The number of hydrogen-bond acceptors (Lipinski definition) is 2. The zero-order valence-electron chi connectivity index (χ0n) is 17.6. The summed E-state index contributed by atoms with van der Waals surface area (Å²) < 4.78 is 38.6. The van der Waals surface area contributed by atoms with Crippen LogP contribution in [0.1, 0.15) is 63.9 Å². The van der Waals surface area contributed by atoms with E-state index in [1.807, 2.05) is 19.9 Å². The molecule has 2 N–H and O–H groups in total. The SMILES string of the molecule is [2H]C([2H])=C(C1CCC(C)=CC1c1c(O)cc(CCC)cc1O)C([2H])([2H])[2H]. The van der Waals surface area contributed by atoms with Gasteiger partial charge in [0, 0.05) is 15.6 Å². The van der Waals surface area contributed by atoms with Gasteiger partial charge in [-0.2, -0.15) is 0 Å². The van der Waals surface area contributed by atoms with E-state index >= 15 is 0 Å². The van der Waals surface area contributed by atoms with E-state index in [1.165, 1.54) is 0 Å². The third-order valence-corrected chi connectivity index (χ3v) is 4.19. The fraction of sp³-hybridized carbons (Fsp3) is 0.474. The Hall–Kier alpha value is -1.70. The summed E-state index contributed by atoms with van der Waals surface area (Å²) in [5.41, 5.74) is 1.90. The van der Waals surface area contributed by atoms with Gasteiger partial charge in [0.25, 0.3) is 0 Å². The predicted molar refractivity (Wildman–Crippen MR) is 87.8 cm³/mol. The molecule has 0 fully saturated rings. The average molecular weight is 291 g/mol. The molecule has 1 aromatic rings. The van der Waals surface area contributed by atoms with Crippen LogP contribution in [0.25, 0.3) is 0 Å². The molecule has 2 atom stereocenters. The number of hydrogen-bond donors (Lipinski definition) is 2. The lowest BCUT2D eigenvalue weighted by atomic mass is 9.73. The van der Waals surface area contributed by atoms with E-state index in [2.05, 4.69) is 0 Å². The first kappa shape index (κ1) is 10.1. The molecule has 0 heterocycles. The lowest BCUT2D eigenvalue weighted by Gasteiger charge is -2.31. The van der Waals surface area contributed by atoms with E-state index in [9.17, 15) is 10.2 Å². The molecule has 2 unspecified atom stereocenters. The topological polar surface area (TPSA) is 40.5 Å². The van der Waals surface area contributed by atoms with Crippen LogP contribution in [0.4, 0.5) is 0 Å². The van der Waals surface area contributed by atoms with E-state index in [0.717, 1.165) is 17.6 Å². The minimum Gasteiger partial charge on any atom is -0.507 e. The molecule has 0 bridgehead atoms. The highest BCUT2D eigenvalue weighted by atomic mass is 16.3. The Bertz CT molecular complexity index is 707. The number of aryl methyl sites for hydroxylation is 1. The van der Waals surface area contributed by atoms with Crippen molar-refractivity contribution in [3.8, 4) is 11.5 Å². The summed E-state index contributed by atoms with van der Waals surface area (Å²) in [6.07, 6.45) is 4.54. The Morgan fingerprint density at radius 3 is 2.71 bits per heavy atom. The van der Waals surface area contributed by atoms with Gasteiger partial charge in [-0.1, -0.05) is 37.1 Å². The van der Waals surface area contributed by atoms with Crippen molar-refractivity contribution in [1.82, 2.24) is 0 Å². The van der Waals surface area contributed by atoms with Crippen molar-refractivity contribution in [2.45, 2.75) is 52.3 Å². The summed E-state index contributed by atoms with van der Waals surface area (Å²) in [6, 6.07) is 3.21. The summed E-state index contributed by atoms with van der Waals surface area (Å²) in [7, 11) is 0. The molecule has 0 radical (unpaired) electrons. The van der Waals surface area contributed by atoms with Crippen LogP contribution in [0.3, 0.4) is 0 Å². The molecule has 0 aromatic heterocycles. The van der Waals surface area contributed by atoms with Crippen molar-refractivity contribution in [2.75, 3.05) is 0 Å². The van der Waals surface area contributed by atoms with Crippen LogP contribution < -0.4 is 0 Å². The van der Waals surface area contributed by atoms with Gasteiger partial charge in [-0.15, -0.1) is 0 Å². The van der Waals surface area contributed by atoms with E-state index in [-0.39, 0.29) is 22.6 Å². The molecule has 0 amide bonds. The summed E-state index contributed by atoms with van der Waals surface area (Å²) in [5, 5.41) is 21.1. The van der Waals surface area contributed by atoms with Crippen LogP contribution in [0.2, 0.25) is 0 Å². The molecule has 21 heavy (non-hydrogen) atoms. The minimum absolute atomic E-state index is 0.0733. The molecule has 0 spiro atoms. The van der Waals surface area contributed by atoms with Crippen LogP contribution in [-0.4, -0.2) is 10.2 Å². The molecule has 1 aliphatic rings. The maximum Gasteiger partial charge on any atom is 0.123 e. The number of phenolic OH excluding ortho intramolecular Hbond substituents is 2. The van der Waals surface area contributed by atoms with E-state index in [4.69, 9.17) is 6.85 Å². The lowest BCUT2D eigenvalue weighted by molar-refractivity contribution is 0.406. The fourth-order valence-corrected chi connectivity index (χ4v) is 3.13. The summed E-state index contributed by atoms with van der Waals surface area (Å²) in [6.45, 7) is 0.648. The Morgan fingerprint density at radius 2 is 2.14 bits per heavy atom. The highest BCUT2D eigenvalue weighted by Gasteiger charge is 2.29. The van der Waals surface area contributed by atoms with Gasteiger partial charge in [0.15, 0.2) is 0 Å². The Kier molecular flexibility index (Phi) is 3.07. The van der Waals surface area contributed by atoms with Crippen molar-refractivity contribution >= 4 is 0 Å². The zero-order chi connectivity index (χ0) is 19.6. The van der Waals surface area contributed by atoms with Gasteiger partial charge in [-0.05, 0) is 56.7 Å². The second-order valence-corrected chi connectivity index (χ2v) is 5.90. The van der Waals surface area contributed by atoms with E-state index in [1.54, 1.807) is 12.1 Å². The van der Waals surface area contributed by atoms with Gasteiger partial charge < -0.3 is 10.2 Å². The monoisotopic (exact) mass is 291 g/mol. The number of phenols is 2. The Morgan fingerprint density at radius 1 is 1.43 bits per heavy atom. The third-order valence-electron chi connectivity index (χ3n) is 4.19. The highest BCUT2D eigenvalue weighted by molar-refractivity contribution is 5.51. The molecule has 2 nitrogen and oxygen atoms in total. The largest absolute Gasteiger partial charge is 0.507 e. The lowest BCUT2D eigenvalue weighted by Crippen LogP contribution is -2.17. The minimum atomic E-state index is -2.56. The van der Waals surface area contributed by atoms with Gasteiger partial charge >= 0.3 is 0 Å². The first-order valence-electron chi connectivity index (χ1n) is 9.96. The molecular weight excluding hydrogens is 260 g/mol. The normalized spacial score (nSPS) is 25.8. The second kappa shape index (κ2) is 6.38. The maximum absolute atomic E-state index is 10.5. The molecule has 2 heteroatoms. The Labute approximate surface area is 134 Å². The van der Waals surface area contributed by atoms with Crippen molar-refractivity contribution in [1.29, 1.82) is 0 Å². The van der Waals surface area contributed by atoms with Crippen molar-refractivity contribution in [3.63, 3.8) is 0 Å². The smallest absolute Gasteiger partial charge is 0.123 e. The van der Waals surface area contributed by atoms with E-state index in [0.29, 0.717) is 19.3 Å². The summed E-state index contributed by atoms with van der Waals surface area (Å²) in [5.74, 6) is -1.36. The number of benzene rings is 1. The number of aromatic hydroxyl groups is 2. The van der Waals surface area contributed by atoms with Gasteiger partial charge in [0.1, 0.15) is 11.5 Å². The number of allylic oxidation sites excluding steroid dienone is 3. The number of rotatable bonds is 4. The second-order valence-electron chi connectivity index (χ2n) is 5.90. The van der Waals surface area contributed by atoms with Crippen molar-refractivity contribution in [2.24, 2.45) is 5.92 Å². The van der Waals surface area contributed by atoms with Crippen LogP contribution in [0, 0.1) is 5.92 Å².